The Balaban J connectivity index is 0.000000509. The quantitative estimate of drug-likeness (QED) is 0.620. The van der Waals surface area contributed by atoms with Gasteiger partial charge in [0, 0.05) is 30.1 Å². The lowest BCUT2D eigenvalue weighted by Gasteiger charge is -2.25. The van der Waals surface area contributed by atoms with E-state index in [1.807, 2.05) is 0 Å². The van der Waals surface area contributed by atoms with E-state index < -0.39 is 12.1 Å². The summed E-state index contributed by atoms with van der Waals surface area (Å²) in [6, 6.07) is 12.9. The molecule has 2 N–H and O–H groups in total. The van der Waals surface area contributed by atoms with Gasteiger partial charge in [-0.1, -0.05) is 50.3 Å². The monoisotopic (exact) mass is 436 g/mol. The third kappa shape index (κ3) is 5.35. The lowest BCUT2D eigenvalue weighted by Crippen LogP contribution is -2.32. The highest BCUT2D eigenvalue weighted by molar-refractivity contribution is 5.88. The van der Waals surface area contributed by atoms with E-state index in [0.29, 0.717) is 22.2 Å². The molecular weight excluding hydrogens is 408 g/mol. The number of hydrogen-bond acceptors (Lipinski definition) is 4. The van der Waals surface area contributed by atoms with Crippen LogP contribution in [-0.2, 0) is 4.79 Å². The van der Waals surface area contributed by atoms with E-state index in [2.05, 4.69) is 5.32 Å². The van der Waals surface area contributed by atoms with E-state index in [4.69, 9.17) is 4.74 Å². The summed E-state index contributed by atoms with van der Waals surface area (Å²) in [4.78, 5) is 35.3. The lowest BCUT2D eigenvalue weighted by atomic mass is 10.1. The molecule has 1 aliphatic rings. The highest BCUT2D eigenvalue weighted by Gasteiger charge is 2.21. The van der Waals surface area contributed by atoms with E-state index in [1.54, 1.807) is 41.1 Å². The van der Waals surface area contributed by atoms with E-state index in [9.17, 15) is 19.5 Å². The van der Waals surface area contributed by atoms with Crippen molar-refractivity contribution in [1.82, 2.24) is 9.88 Å². The number of pyridine rings is 1. The van der Waals surface area contributed by atoms with Crippen molar-refractivity contribution in [3.63, 3.8) is 0 Å². The molecule has 1 saturated carbocycles. The van der Waals surface area contributed by atoms with Crippen molar-refractivity contribution >= 4 is 22.8 Å². The molecule has 0 radical (unpaired) electrons. The Bertz CT molecular complexity index is 1160. The summed E-state index contributed by atoms with van der Waals surface area (Å²) < 4.78 is 7.11. The second kappa shape index (κ2) is 10.6. The Kier molecular flexibility index (Phi) is 7.65. The van der Waals surface area contributed by atoms with Gasteiger partial charge in [-0.05, 0) is 24.3 Å². The Labute approximate surface area is 186 Å². The van der Waals surface area contributed by atoms with Crippen molar-refractivity contribution in [2.24, 2.45) is 0 Å². The number of para-hydroxylation sites is 1. The molecule has 1 aromatic heterocycles. The number of aromatic nitrogens is 1. The molecule has 1 aliphatic carbocycles. The van der Waals surface area contributed by atoms with Crippen molar-refractivity contribution in [3.05, 3.63) is 76.1 Å². The number of carboxylic acid groups (broad SMARTS) is 1. The van der Waals surface area contributed by atoms with Crippen molar-refractivity contribution in [1.29, 1.82) is 0 Å². The first-order valence-electron chi connectivity index (χ1n) is 10.7. The first kappa shape index (κ1) is 23.1. The van der Waals surface area contributed by atoms with Gasteiger partial charge in [-0.15, -0.1) is 0 Å². The Morgan fingerprint density at radius 1 is 1.03 bits per heavy atom. The zero-order valence-corrected chi connectivity index (χ0v) is 18.3. The van der Waals surface area contributed by atoms with Crippen LogP contribution in [0.25, 0.3) is 10.9 Å². The van der Waals surface area contributed by atoms with E-state index in [0.717, 1.165) is 0 Å². The number of rotatable bonds is 5. The van der Waals surface area contributed by atoms with Gasteiger partial charge < -0.3 is 19.7 Å². The van der Waals surface area contributed by atoms with Gasteiger partial charge in [0.2, 0.25) is 5.91 Å². The number of methoxy groups -OCH3 is 1. The SMILES string of the molecule is C1CCCC1.COc1cc(C(=O)O)ccc1C(NC(C)=O)n1ccc(=O)c2ccccc21. The Hall–Kier alpha value is -3.61. The first-order valence-corrected chi connectivity index (χ1v) is 10.7. The lowest BCUT2D eigenvalue weighted by molar-refractivity contribution is -0.119. The average molecular weight is 437 g/mol. The van der Waals surface area contributed by atoms with Crippen LogP contribution in [0.15, 0.2) is 59.5 Å². The minimum Gasteiger partial charge on any atom is -0.496 e. The number of fused-ring (bicyclic) bond motifs is 1. The summed E-state index contributed by atoms with van der Waals surface area (Å²) in [5, 5.41) is 12.6. The summed E-state index contributed by atoms with van der Waals surface area (Å²) >= 11 is 0. The van der Waals surface area contributed by atoms with E-state index in [-0.39, 0.29) is 16.9 Å². The number of nitrogens with zero attached hydrogens (tertiary/aromatic N) is 1. The molecule has 1 atom stereocenters. The van der Waals surface area contributed by atoms with Crippen LogP contribution in [-0.4, -0.2) is 28.7 Å². The molecule has 168 valence electrons. The maximum Gasteiger partial charge on any atom is 0.335 e. The molecule has 2 aromatic carbocycles. The summed E-state index contributed by atoms with van der Waals surface area (Å²) in [5.41, 5.74) is 1.14. The van der Waals surface area contributed by atoms with Crippen LogP contribution >= 0.6 is 0 Å². The van der Waals surface area contributed by atoms with Crippen molar-refractivity contribution < 1.29 is 19.4 Å². The van der Waals surface area contributed by atoms with Gasteiger partial charge in [0.15, 0.2) is 5.43 Å². The minimum absolute atomic E-state index is 0.0712. The van der Waals surface area contributed by atoms with Crippen LogP contribution < -0.4 is 15.5 Å². The zero-order chi connectivity index (χ0) is 23.1. The van der Waals surface area contributed by atoms with Gasteiger partial charge >= 0.3 is 5.97 Å². The van der Waals surface area contributed by atoms with E-state index in [1.165, 1.54) is 64.3 Å². The number of hydrogen-bond donors (Lipinski definition) is 2. The van der Waals surface area contributed by atoms with Gasteiger partial charge in [-0.3, -0.25) is 9.59 Å². The summed E-state index contributed by atoms with van der Waals surface area (Å²) in [6.45, 7) is 1.38. The molecule has 1 heterocycles. The van der Waals surface area contributed by atoms with Crippen molar-refractivity contribution in [2.45, 2.75) is 45.2 Å². The molecule has 0 bridgehead atoms. The van der Waals surface area contributed by atoms with Gasteiger partial charge in [0.05, 0.1) is 18.2 Å². The highest BCUT2D eigenvalue weighted by atomic mass is 16.5. The second-order valence-electron chi connectivity index (χ2n) is 7.74. The summed E-state index contributed by atoms with van der Waals surface area (Å²) in [6.07, 6.45) is 8.40. The molecule has 0 spiro atoms. The third-order valence-electron chi connectivity index (χ3n) is 5.48. The first-order chi connectivity index (χ1) is 15.4. The van der Waals surface area contributed by atoms with Gasteiger partial charge in [-0.2, -0.15) is 0 Å². The van der Waals surface area contributed by atoms with Crippen LogP contribution in [0, 0.1) is 0 Å². The predicted octanol–water partition coefficient (Wildman–Crippen LogP) is 4.34. The molecule has 0 aliphatic heterocycles. The standard InChI is InChI=1S/C20H18N2O5.C5H10/c1-12(23)21-19(15-8-7-13(20(25)26)11-18(15)27-2)22-10-9-17(24)14-5-3-4-6-16(14)22;1-2-4-5-3-1/h3-11,19H,1-2H3,(H,21,23)(H,25,26);1-5H2. The molecule has 7 nitrogen and oxygen atoms in total. The van der Waals surface area contributed by atoms with Crippen molar-refractivity contribution in [3.8, 4) is 5.75 Å². The molecule has 32 heavy (non-hydrogen) atoms. The van der Waals surface area contributed by atoms with Crippen LogP contribution in [0.2, 0.25) is 0 Å². The molecule has 3 aromatic rings. The number of benzene rings is 2. The average Bonchev–Trinajstić information content (AvgIpc) is 3.38. The number of carbonyl (C=O) groups excluding carboxylic acids is 1. The van der Waals surface area contributed by atoms with Gasteiger partial charge in [-0.25, -0.2) is 4.79 Å². The normalized spacial score (nSPS) is 13.7. The van der Waals surface area contributed by atoms with E-state index >= 15 is 0 Å². The Morgan fingerprint density at radius 2 is 1.69 bits per heavy atom. The van der Waals surface area contributed by atoms with Crippen LogP contribution in [0.5, 0.6) is 5.75 Å². The molecule has 1 fully saturated rings. The highest BCUT2D eigenvalue weighted by Crippen LogP contribution is 2.29. The number of amides is 1. The van der Waals surface area contributed by atoms with Crippen LogP contribution in [0.1, 0.15) is 61.1 Å². The minimum atomic E-state index is -1.08. The van der Waals surface area contributed by atoms with Gasteiger partial charge in [0.25, 0.3) is 0 Å². The molecule has 4 rings (SSSR count). The number of ether oxygens (including phenoxy) is 1. The second-order valence-corrected chi connectivity index (χ2v) is 7.74. The van der Waals surface area contributed by atoms with Crippen LogP contribution in [0.4, 0.5) is 0 Å². The number of carboxylic acids is 1. The fourth-order valence-corrected chi connectivity index (χ4v) is 3.89. The molecular formula is C25H28N2O5. The maximum atomic E-state index is 12.2. The number of aromatic carboxylic acids is 1. The van der Waals surface area contributed by atoms with Gasteiger partial charge in [0.1, 0.15) is 11.9 Å². The molecule has 1 amide bonds. The zero-order valence-electron chi connectivity index (χ0n) is 18.3. The molecule has 0 saturated heterocycles. The predicted molar refractivity (Wildman–Crippen MR) is 123 cm³/mol. The summed E-state index contributed by atoms with van der Waals surface area (Å²) in [5.74, 6) is -1.05. The molecule has 7 heteroatoms. The third-order valence-corrected chi connectivity index (χ3v) is 5.48. The smallest absolute Gasteiger partial charge is 0.335 e. The molecule has 1 unspecified atom stereocenters. The number of carbonyl (C=O) groups is 2. The summed E-state index contributed by atoms with van der Waals surface area (Å²) in [7, 11) is 1.43. The fourth-order valence-electron chi connectivity index (χ4n) is 3.89. The van der Waals surface area contributed by atoms with Crippen molar-refractivity contribution in [2.75, 3.05) is 7.11 Å². The largest absolute Gasteiger partial charge is 0.496 e. The number of nitrogens with one attached hydrogen (secondary N) is 1. The fraction of sp³-hybridized carbons (Fsp3) is 0.320. The Morgan fingerprint density at radius 3 is 2.28 bits per heavy atom. The van der Waals surface area contributed by atoms with Crippen LogP contribution in [0.3, 0.4) is 0 Å². The maximum absolute atomic E-state index is 12.2. The topological polar surface area (TPSA) is 97.6 Å².